The second-order valence-corrected chi connectivity index (χ2v) is 6.10. The van der Waals surface area contributed by atoms with Crippen LogP contribution in [0.15, 0.2) is 35.9 Å². The molecule has 1 heteroatoms. The monoisotopic (exact) mass is 242 g/mol. The zero-order chi connectivity index (χ0) is 13.2. The van der Waals surface area contributed by atoms with Crippen LogP contribution in [0, 0.1) is 0 Å². The largest absolute Gasteiger partial charge is 0.289 e. The fourth-order valence-corrected chi connectivity index (χ4v) is 2.55. The van der Waals surface area contributed by atoms with E-state index < -0.39 is 0 Å². The van der Waals surface area contributed by atoms with E-state index in [0.29, 0.717) is 0 Å². The van der Waals surface area contributed by atoms with Crippen molar-refractivity contribution in [2.45, 2.75) is 51.9 Å². The molecule has 1 nitrogen and oxygen atoms in total. The first kappa shape index (κ1) is 13.1. The van der Waals surface area contributed by atoms with Gasteiger partial charge in [0.1, 0.15) is 0 Å². The van der Waals surface area contributed by atoms with Gasteiger partial charge in [-0.2, -0.15) is 0 Å². The molecule has 0 aliphatic heterocycles. The Labute approximate surface area is 110 Å². The fourth-order valence-electron chi connectivity index (χ4n) is 2.55. The lowest BCUT2D eigenvalue weighted by molar-refractivity contribution is 0.102. The van der Waals surface area contributed by atoms with Gasteiger partial charge in [0.15, 0.2) is 5.78 Å². The number of Topliss-reactive ketones (excluding diaryl/α,β-unsaturated/α-hetero) is 1. The standard InChI is InChI=1S/C17H22O/c1-17(2,3)15-12-8-7-11-14(15)16(18)13-9-5-4-6-10-13/h7-9,11-12H,4-6,10H2,1-3H3. The summed E-state index contributed by atoms with van der Waals surface area (Å²) < 4.78 is 0. The fraction of sp³-hybridized carbons (Fsp3) is 0.471. The highest BCUT2D eigenvalue weighted by atomic mass is 16.1. The van der Waals surface area contributed by atoms with Crippen molar-refractivity contribution in [2.24, 2.45) is 0 Å². The maximum atomic E-state index is 12.6. The first-order valence-corrected chi connectivity index (χ1v) is 6.83. The van der Waals surface area contributed by atoms with Crippen molar-refractivity contribution < 1.29 is 4.79 Å². The molecule has 0 amide bonds. The van der Waals surface area contributed by atoms with E-state index in [1.165, 1.54) is 6.42 Å². The van der Waals surface area contributed by atoms with Crippen LogP contribution >= 0.6 is 0 Å². The Balaban J connectivity index is 2.39. The zero-order valence-corrected chi connectivity index (χ0v) is 11.6. The molecule has 2 rings (SSSR count). The van der Waals surface area contributed by atoms with Crippen molar-refractivity contribution in [2.75, 3.05) is 0 Å². The molecule has 0 spiro atoms. The zero-order valence-electron chi connectivity index (χ0n) is 11.6. The molecular formula is C17H22O. The molecule has 0 N–H and O–H groups in total. The summed E-state index contributed by atoms with van der Waals surface area (Å²) in [5.41, 5.74) is 3.07. The van der Waals surface area contributed by atoms with Crippen LogP contribution in [0.4, 0.5) is 0 Å². The van der Waals surface area contributed by atoms with E-state index in [2.05, 4.69) is 32.9 Å². The van der Waals surface area contributed by atoms with Crippen molar-refractivity contribution >= 4 is 5.78 Å². The van der Waals surface area contributed by atoms with E-state index >= 15 is 0 Å². The van der Waals surface area contributed by atoms with E-state index in [0.717, 1.165) is 36.0 Å². The Kier molecular flexibility index (Phi) is 3.70. The molecular weight excluding hydrogens is 220 g/mol. The van der Waals surface area contributed by atoms with Crippen molar-refractivity contribution in [3.8, 4) is 0 Å². The van der Waals surface area contributed by atoms with Gasteiger partial charge in [0.2, 0.25) is 0 Å². The first-order valence-electron chi connectivity index (χ1n) is 6.83. The molecule has 0 aromatic heterocycles. The number of rotatable bonds is 2. The smallest absolute Gasteiger partial charge is 0.188 e. The van der Waals surface area contributed by atoms with Gasteiger partial charge >= 0.3 is 0 Å². The Morgan fingerprint density at radius 1 is 1.11 bits per heavy atom. The Hall–Kier alpha value is -1.37. The molecule has 1 aliphatic carbocycles. The Bertz CT molecular complexity index is 475. The lowest BCUT2D eigenvalue weighted by atomic mass is 9.81. The molecule has 1 aliphatic rings. The molecule has 0 heterocycles. The quantitative estimate of drug-likeness (QED) is 0.689. The van der Waals surface area contributed by atoms with Crippen LogP contribution < -0.4 is 0 Å². The molecule has 0 unspecified atom stereocenters. The van der Waals surface area contributed by atoms with E-state index in [1.54, 1.807) is 0 Å². The molecule has 18 heavy (non-hydrogen) atoms. The molecule has 96 valence electrons. The maximum Gasteiger partial charge on any atom is 0.188 e. The van der Waals surface area contributed by atoms with Crippen LogP contribution in [0.3, 0.4) is 0 Å². The van der Waals surface area contributed by atoms with Gasteiger partial charge in [0, 0.05) is 5.56 Å². The van der Waals surface area contributed by atoms with Gasteiger partial charge < -0.3 is 0 Å². The summed E-state index contributed by atoms with van der Waals surface area (Å²) in [5.74, 6) is 0.236. The van der Waals surface area contributed by atoms with Crippen LogP contribution in [0.25, 0.3) is 0 Å². The SMILES string of the molecule is CC(C)(C)c1ccccc1C(=O)C1=CCCCC1. The number of carbonyl (C=O) groups excluding carboxylic acids is 1. The Morgan fingerprint density at radius 3 is 2.44 bits per heavy atom. The third-order valence-corrected chi connectivity index (χ3v) is 3.56. The normalized spacial score (nSPS) is 16.3. The average Bonchev–Trinajstić information content (AvgIpc) is 2.38. The van der Waals surface area contributed by atoms with Gasteiger partial charge in [-0.3, -0.25) is 4.79 Å². The minimum Gasteiger partial charge on any atom is -0.289 e. The summed E-state index contributed by atoms with van der Waals surface area (Å²) in [7, 11) is 0. The molecule has 0 saturated heterocycles. The van der Waals surface area contributed by atoms with Crippen molar-refractivity contribution in [3.05, 3.63) is 47.0 Å². The number of hydrogen-bond donors (Lipinski definition) is 0. The van der Waals surface area contributed by atoms with Gasteiger partial charge in [-0.05, 0) is 42.2 Å². The third-order valence-electron chi connectivity index (χ3n) is 3.56. The Morgan fingerprint density at radius 2 is 1.83 bits per heavy atom. The van der Waals surface area contributed by atoms with Crippen LogP contribution in [0.2, 0.25) is 0 Å². The molecule has 1 aromatic rings. The number of hydrogen-bond acceptors (Lipinski definition) is 1. The molecule has 0 fully saturated rings. The van der Waals surface area contributed by atoms with Crippen molar-refractivity contribution in [3.63, 3.8) is 0 Å². The van der Waals surface area contributed by atoms with Crippen LogP contribution in [-0.2, 0) is 5.41 Å². The number of ketones is 1. The van der Waals surface area contributed by atoms with Crippen LogP contribution in [0.1, 0.15) is 62.4 Å². The van der Waals surface area contributed by atoms with Gasteiger partial charge in [-0.1, -0.05) is 51.1 Å². The molecule has 0 bridgehead atoms. The topological polar surface area (TPSA) is 17.1 Å². The van der Waals surface area contributed by atoms with E-state index in [1.807, 2.05) is 18.2 Å². The average molecular weight is 242 g/mol. The number of allylic oxidation sites excluding steroid dienone is 2. The molecule has 0 radical (unpaired) electrons. The van der Waals surface area contributed by atoms with Crippen LogP contribution in [-0.4, -0.2) is 5.78 Å². The lowest BCUT2D eigenvalue weighted by Crippen LogP contribution is -2.18. The van der Waals surface area contributed by atoms with Crippen LogP contribution in [0.5, 0.6) is 0 Å². The molecule has 1 aromatic carbocycles. The van der Waals surface area contributed by atoms with E-state index in [-0.39, 0.29) is 11.2 Å². The van der Waals surface area contributed by atoms with Gasteiger partial charge in [0.25, 0.3) is 0 Å². The predicted octanol–water partition coefficient (Wildman–Crippen LogP) is 4.67. The van der Waals surface area contributed by atoms with Gasteiger partial charge in [-0.25, -0.2) is 0 Å². The summed E-state index contributed by atoms with van der Waals surface area (Å²) in [6.45, 7) is 6.48. The highest BCUT2D eigenvalue weighted by Crippen LogP contribution is 2.29. The summed E-state index contributed by atoms with van der Waals surface area (Å²) >= 11 is 0. The number of benzene rings is 1. The predicted molar refractivity (Wildman–Crippen MR) is 76.0 cm³/mol. The summed E-state index contributed by atoms with van der Waals surface area (Å²) in [5, 5.41) is 0. The van der Waals surface area contributed by atoms with E-state index in [9.17, 15) is 4.79 Å². The number of carbonyl (C=O) groups is 1. The molecule has 0 saturated carbocycles. The summed E-state index contributed by atoms with van der Waals surface area (Å²) in [6.07, 6.45) is 6.49. The van der Waals surface area contributed by atoms with Crippen molar-refractivity contribution in [1.29, 1.82) is 0 Å². The first-order chi connectivity index (χ1) is 8.50. The highest BCUT2D eigenvalue weighted by Gasteiger charge is 2.23. The highest BCUT2D eigenvalue weighted by molar-refractivity contribution is 6.09. The molecule has 0 atom stereocenters. The second-order valence-electron chi connectivity index (χ2n) is 6.10. The minimum absolute atomic E-state index is 0.0154. The lowest BCUT2D eigenvalue weighted by Gasteiger charge is -2.23. The van der Waals surface area contributed by atoms with Crippen molar-refractivity contribution in [1.82, 2.24) is 0 Å². The minimum atomic E-state index is 0.0154. The second kappa shape index (κ2) is 5.09. The third kappa shape index (κ3) is 2.72. The maximum absolute atomic E-state index is 12.6. The van der Waals surface area contributed by atoms with E-state index in [4.69, 9.17) is 0 Å². The van der Waals surface area contributed by atoms with Gasteiger partial charge in [-0.15, -0.1) is 0 Å². The van der Waals surface area contributed by atoms with Gasteiger partial charge in [0.05, 0.1) is 0 Å². The summed E-state index contributed by atoms with van der Waals surface area (Å²) in [6, 6.07) is 8.04. The summed E-state index contributed by atoms with van der Waals surface area (Å²) in [4.78, 5) is 12.6.